The number of carbonyl (C=O) groups is 2. The molecule has 1 unspecified atom stereocenters. The highest BCUT2D eigenvalue weighted by atomic mass is 16.5. The first-order chi connectivity index (χ1) is 13.0. The second kappa shape index (κ2) is 8.63. The molecular formula is C21H31N3O3. The molecular weight excluding hydrogens is 342 g/mol. The number of likely N-dealkylation sites (tertiary alicyclic amines) is 1. The molecule has 1 atom stereocenters. The van der Waals surface area contributed by atoms with E-state index in [1.807, 2.05) is 24.8 Å². The van der Waals surface area contributed by atoms with E-state index in [0.717, 1.165) is 37.9 Å². The lowest BCUT2D eigenvalue weighted by Crippen LogP contribution is -2.50. The monoisotopic (exact) mass is 373 g/mol. The SMILES string of the molecule is COc1ccc2c(c1)CC(NC(=O)N1CCC(C(=O)NC(C)C)CC1)CC2. The minimum atomic E-state index is -0.00550. The molecule has 6 heteroatoms. The number of hydrogen-bond donors (Lipinski definition) is 2. The van der Waals surface area contributed by atoms with Gasteiger partial charge in [-0.1, -0.05) is 6.07 Å². The number of benzene rings is 1. The highest BCUT2D eigenvalue weighted by Gasteiger charge is 2.29. The van der Waals surface area contributed by atoms with Gasteiger partial charge in [-0.3, -0.25) is 4.79 Å². The van der Waals surface area contributed by atoms with Crippen LogP contribution in [-0.2, 0) is 17.6 Å². The van der Waals surface area contributed by atoms with Crippen molar-refractivity contribution in [1.82, 2.24) is 15.5 Å². The second-order valence-electron chi connectivity index (χ2n) is 7.95. The summed E-state index contributed by atoms with van der Waals surface area (Å²) in [6.45, 7) is 5.22. The summed E-state index contributed by atoms with van der Waals surface area (Å²) in [6, 6.07) is 6.50. The molecule has 2 aliphatic rings. The van der Waals surface area contributed by atoms with Crippen LogP contribution in [0.1, 0.15) is 44.2 Å². The van der Waals surface area contributed by atoms with Gasteiger partial charge in [-0.25, -0.2) is 4.79 Å². The van der Waals surface area contributed by atoms with Crippen LogP contribution in [0.5, 0.6) is 5.75 Å². The highest BCUT2D eigenvalue weighted by molar-refractivity contribution is 5.80. The van der Waals surface area contributed by atoms with Gasteiger partial charge in [0.2, 0.25) is 5.91 Å². The summed E-state index contributed by atoms with van der Waals surface area (Å²) < 4.78 is 5.32. The zero-order valence-corrected chi connectivity index (χ0v) is 16.6. The fourth-order valence-corrected chi connectivity index (χ4v) is 4.00. The summed E-state index contributed by atoms with van der Waals surface area (Å²) >= 11 is 0. The lowest BCUT2D eigenvalue weighted by atomic mass is 9.88. The fraction of sp³-hybridized carbons (Fsp3) is 0.619. The number of amides is 3. The number of fused-ring (bicyclic) bond motifs is 1. The summed E-state index contributed by atoms with van der Waals surface area (Å²) in [5, 5.41) is 6.16. The molecule has 3 rings (SSSR count). The minimum Gasteiger partial charge on any atom is -0.497 e. The van der Waals surface area contributed by atoms with Crippen molar-refractivity contribution in [1.29, 1.82) is 0 Å². The van der Waals surface area contributed by atoms with Crippen LogP contribution in [-0.4, -0.2) is 49.1 Å². The van der Waals surface area contributed by atoms with Crippen molar-refractivity contribution in [2.45, 2.75) is 58.0 Å². The average molecular weight is 373 g/mol. The second-order valence-corrected chi connectivity index (χ2v) is 7.95. The van der Waals surface area contributed by atoms with Gasteiger partial charge in [-0.05, 0) is 69.2 Å². The molecule has 1 fully saturated rings. The highest BCUT2D eigenvalue weighted by Crippen LogP contribution is 2.26. The third kappa shape index (κ3) is 4.93. The zero-order chi connectivity index (χ0) is 19.4. The van der Waals surface area contributed by atoms with Crippen LogP contribution in [0.4, 0.5) is 4.79 Å². The van der Waals surface area contributed by atoms with E-state index >= 15 is 0 Å². The summed E-state index contributed by atoms with van der Waals surface area (Å²) in [6.07, 6.45) is 4.24. The Bertz CT molecular complexity index is 681. The van der Waals surface area contributed by atoms with Gasteiger partial charge in [0.15, 0.2) is 0 Å². The van der Waals surface area contributed by atoms with Gasteiger partial charge in [0.1, 0.15) is 5.75 Å². The Hall–Kier alpha value is -2.24. The molecule has 1 aliphatic carbocycles. The standard InChI is InChI=1S/C21H31N3O3/c1-14(2)22-20(25)16-8-10-24(11-9-16)21(26)23-18-6-4-15-5-7-19(27-3)13-17(15)12-18/h5,7,13-14,16,18H,4,6,8-12H2,1-3H3,(H,22,25)(H,23,26). The fourth-order valence-electron chi connectivity index (χ4n) is 4.00. The number of urea groups is 1. The maximum Gasteiger partial charge on any atom is 0.317 e. The lowest BCUT2D eigenvalue weighted by Gasteiger charge is -2.34. The van der Waals surface area contributed by atoms with Crippen molar-refractivity contribution >= 4 is 11.9 Å². The van der Waals surface area contributed by atoms with E-state index in [-0.39, 0.29) is 29.9 Å². The van der Waals surface area contributed by atoms with Gasteiger partial charge in [0, 0.05) is 31.1 Å². The Kier molecular flexibility index (Phi) is 6.24. The van der Waals surface area contributed by atoms with E-state index in [1.54, 1.807) is 7.11 Å². The third-order valence-corrected chi connectivity index (χ3v) is 5.55. The summed E-state index contributed by atoms with van der Waals surface area (Å²) in [5.41, 5.74) is 2.60. The Morgan fingerprint density at radius 2 is 1.89 bits per heavy atom. The first kappa shape index (κ1) is 19.5. The predicted molar refractivity (Wildman–Crippen MR) is 105 cm³/mol. The molecule has 27 heavy (non-hydrogen) atoms. The molecule has 0 spiro atoms. The largest absolute Gasteiger partial charge is 0.497 e. The molecule has 1 aliphatic heterocycles. The molecule has 1 saturated heterocycles. The van der Waals surface area contributed by atoms with E-state index in [4.69, 9.17) is 4.74 Å². The van der Waals surface area contributed by atoms with E-state index in [1.165, 1.54) is 11.1 Å². The van der Waals surface area contributed by atoms with Crippen molar-refractivity contribution in [3.63, 3.8) is 0 Å². The number of nitrogens with one attached hydrogen (secondary N) is 2. The van der Waals surface area contributed by atoms with Crippen LogP contribution in [0.3, 0.4) is 0 Å². The van der Waals surface area contributed by atoms with Crippen LogP contribution < -0.4 is 15.4 Å². The van der Waals surface area contributed by atoms with E-state index in [0.29, 0.717) is 13.1 Å². The summed E-state index contributed by atoms with van der Waals surface area (Å²) in [4.78, 5) is 26.6. The van der Waals surface area contributed by atoms with Gasteiger partial charge < -0.3 is 20.3 Å². The number of nitrogens with zero attached hydrogens (tertiary/aromatic N) is 1. The molecule has 6 nitrogen and oxygen atoms in total. The van der Waals surface area contributed by atoms with E-state index < -0.39 is 0 Å². The average Bonchev–Trinajstić information content (AvgIpc) is 2.67. The van der Waals surface area contributed by atoms with E-state index in [9.17, 15) is 9.59 Å². The molecule has 2 N–H and O–H groups in total. The lowest BCUT2D eigenvalue weighted by molar-refractivity contribution is -0.126. The maximum atomic E-state index is 12.6. The molecule has 0 saturated carbocycles. The van der Waals surface area contributed by atoms with Crippen LogP contribution in [0.2, 0.25) is 0 Å². The molecule has 0 radical (unpaired) electrons. The molecule has 148 valence electrons. The van der Waals surface area contributed by atoms with Crippen molar-refractivity contribution < 1.29 is 14.3 Å². The van der Waals surface area contributed by atoms with Crippen LogP contribution in [0, 0.1) is 5.92 Å². The number of methoxy groups -OCH3 is 1. The van der Waals surface area contributed by atoms with Gasteiger partial charge in [-0.2, -0.15) is 0 Å². The van der Waals surface area contributed by atoms with Gasteiger partial charge in [0.05, 0.1) is 7.11 Å². The van der Waals surface area contributed by atoms with Crippen LogP contribution in [0.25, 0.3) is 0 Å². The van der Waals surface area contributed by atoms with Gasteiger partial charge >= 0.3 is 6.03 Å². The Morgan fingerprint density at radius 1 is 1.15 bits per heavy atom. The van der Waals surface area contributed by atoms with E-state index in [2.05, 4.69) is 22.8 Å². The van der Waals surface area contributed by atoms with Crippen molar-refractivity contribution in [3.05, 3.63) is 29.3 Å². The molecule has 1 heterocycles. The third-order valence-electron chi connectivity index (χ3n) is 5.55. The Balaban J connectivity index is 1.49. The predicted octanol–water partition coefficient (Wildman–Crippen LogP) is 2.50. The number of rotatable bonds is 4. The molecule has 1 aromatic rings. The number of ether oxygens (including phenoxy) is 1. The van der Waals surface area contributed by atoms with Crippen molar-refractivity contribution in [3.8, 4) is 5.75 Å². The zero-order valence-electron chi connectivity index (χ0n) is 16.6. The molecule has 1 aromatic carbocycles. The number of carbonyl (C=O) groups excluding carboxylic acids is 2. The minimum absolute atomic E-state index is 0.00550. The van der Waals surface area contributed by atoms with Crippen LogP contribution in [0.15, 0.2) is 18.2 Å². The number of aryl methyl sites for hydroxylation is 1. The van der Waals surface area contributed by atoms with Crippen molar-refractivity contribution in [2.75, 3.05) is 20.2 Å². The van der Waals surface area contributed by atoms with Gasteiger partial charge in [0.25, 0.3) is 0 Å². The smallest absolute Gasteiger partial charge is 0.317 e. The normalized spacial score (nSPS) is 20.1. The first-order valence-electron chi connectivity index (χ1n) is 9.98. The summed E-state index contributed by atoms with van der Waals surface area (Å²) in [7, 11) is 1.68. The summed E-state index contributed by atoms with van der Waals surface area (Å²) in [5.74, 6) is 0.996. The number of hydrogen-bond acceptors (Lipinski definition) is 3. The Labute approximate surface area is 161 Å². The topological polar surface area (TPSA) is 70.7 Å². The van der Waals surface area contributed by atoms with Gasteiger partial charge in [-0.15, -0.1) is 0 Å². The maximum absolute atomic E-state index is 12.6. The number of piperidine rings is 1. The molecule has 3 amide bonds. The first-order valence-corrected chi connectivity index (χ1v) is 9.98. The van der Waals surface area contributed by atoms with Crippen LogP contribution >= 0.6 is 0 Å². The molecule has 0 aromatic heterocycles. The Morgan fingerprint density at radius 3 is 2.56 bits per heavy atom. The quantitative estimate of drug-likeness (QED) is 0.852. The van der Waals surface area contributed by atoms with Crippen molar-refractivity contribution in [2.24, 2.45) is 5.92 Å². The molecule has 0 bridgehead atoms.